The second kappa shape index (κ2) is 9.07. The number of thiocarbonyl (C=S) groups is 1. The Hall–Kier alpha value is -2.29. The van der Waals surface area contributed by atoms with Crippen LogP contribution in [0.15, 0.2) is 58.3 Å². The summed E-state index contributed by atoms with van der Waals surface area (Å²) >= 11 is 7.82. The van der Waals surface area contributed by atoms with Gasteiger partial charge in [-0.15, -0.1) is 11.8 Å². The second-order valence-electron chi connectivity index (χ2n) is 5.52. The molecule has 1 aliphatic rings. The number of aliphatic carboxylic acids is 1. The van der Waals surface area contributed by atoms with Gasteiger partial charge in [-0.25, -0.2) is 4.79 Å². The summed E-state index contributed by atoms with van der Waals surface area (Å²) in [7, 11) is 0. The van der Waals surface area contributed by atoms with Crippen LogP contribution in [0.2, 0.25) is 0 Å². The number of hydrogen-bond donors (Lipinski definition) is 2. The summed E-state index contributed by atoms with van der Waals surface area (Å²) in [6, 6.07) is 15.2. The fourth-order valence-corrected chi connectivity index (χ4v) is 4.32. The first-order valence-electron chi connectivity index (χ1n) is 7.91. The van der Waals surface area contributed by atoms with Crippen LogP contribution in [0.1, 0.15) is 11.1 Å². The van der Waals surface area contributed by atoms with Crippen molar-refractivity contribution in [2.75, 3.05) is 6.61 Å². The van der Waals surface area contributed by atoms with Gasteiger partial charge in [-0.05, 0) is 29.3 Å². The lowest BCUT2D eigenvalue weighted by Gasteiger charge is -2.10. The molecule has 2 aromatic carbocycles. The van der Waals surface area contributed by atoms with Gasteiger partial charge in [-0.1, -0.05) is 60.4 Å². The SMILES string of the molecule is O=C(O)COc1ccccc1SCc1cccc(C=C2SC(=S)NC2=O)c1. The number of benzene rings is 2. The van der Waals surface area contributed by atoms with E-state index in [1.807, 2.05) is 48.5 Å². The molecule has 0 unspecified atom stereocenters. The number of nitrogens with one attached hydrogen (secondary N) is 1. The Bertz CT molecular complexity index is 927. The van der Waals surface area contributed by atoms with Gasteiger partial charge in [0.2, 0.25) is 0 Å². The zero-order valence-electron chi connectivity index (χ0n) is 14.0. The van der Waals surface area contributed by atoms with Crippen LogP contribution in [-0.2, 0) is 15.3 Å². The van der Waals surface area contributed by atoms with Crippen molar-refractivity contribution in [3.63, 3.8) is 0 Å². The summed E-state index contributed by atoms with van der Waals surface area (Å²) < 4.78 is 5.80. The van der Waals surface area contributed by atoms with Crippen LogP contribution in [0.25, 0.3) is 6.08 Å². The average molecular weight is 418 g/mol. The maximum atomic E-state index is 11.8. The monoisotopic (exact) mass is 417 g/mol. The molecule has 2 aromatic rings. The lowest BCUT2D eigenvalue weighted by atomic mass is 10.1. The van der Waals surface area contributed by atoms with Gasteiger partial charge in [0, 0.05) is 10.6 Å². The number of carbonyl (C=O) groups excluding carboxylic acids is 1. The molecule has 2 N–H and O–H groups in total. The number of amides is 1. The molecular weight excluding hydrogens is 402 g/mol. The van der Waals surface area contributed by atoms with E-state index in [-0.39, 0.29) is 12.5 Å². The number of carboxylic acid groups (broad SMARTS) is 1. The van der Waals surface area contributed by atoms with Gasteiger partial charge in [0.15, 0.2) is 6.61 Å². The molecule has 8 heteroatoms. The number of carboxylic acids is 1. The summed E-state index contributed by atoms with van der Waals surface area (Å²) in [5.41, 5.74) is 2.00. The van der Waals surface area contributed by atoms with E-state index in [2.05, 4.69) is 5.32 Å². The van der Waals surface area contributed by atoms with Crippen molar-refractivity contribution in [1.82, 2.24) is 5.32 Å². The Labute approximate surface area is 170 Å². The van der Waals surface area contributed by atoms with Crippen LogP contribution in [0, 0.1) is 0 Å². The van der Waals surface area contributed by atoms with Crippen molar-refractivity contribution in [3.8, 4) is 5.75 Å². The van der Waals surface area contributed by atoms with Crippen LogP contribution in [0.5, 0.6) is 5.75 Å². The molecule has 0 aliphatic carbocycles. The van der Waals surface area contributed by atoms with Crippen LogP contribution in [0.4, 0.5) is 0 Å². The standard InChI is InChI=1S/C19H15NO4S3/c21-17(22)10-24-14-6-1-2-7-15(14)26-11-13-5-3-4-12(8-13)9-16-18(23)20-19(25)27-16/h1-9H,10-11H2,(H,21,22)(H,20,23,25). The van der Waals surface area contributed by atoms with E-state index >= 15 is 0 Å². The van der Waals surface area contributed by atoms with E-state index in [0.717, 1.165) is 16.0 Å². The summed E-state index contributed by atoms with van der Waals surface area (Å²) in [6.45, 7) is -0.373. The Balaban J connectivity index is 1.69. The molecular formula is C19H15NO4S3. The van der Waals surface area contributed by atoms with E-state index in [1.165, 1.54) is 11.8 Å². The molecule has 0 saturated carbocycles. The third-order valence-electron chi connectivity index (χ3n) is 3.49. The summed E-state index contributed by atoms with van der Waals surface area (Å²) in [5, 5.41) is 11.4. The maximum Gasteiger partial charge on any atom is 0.341 e. The maximum absolute atomic E-state index is 11.8. The van der Waals surface area contributed by atoms with E-state index in [4.69, 9.17) is 22.1 Å². The van der Waals surface area contributed by atoms with Gasteiger partial charge in [-0.3, -0.25) is 4.79 Å². The van der Waals surface area contributed by atoms with Crippen molar-refractivity contribution in [2.45, 2.75) is 10.6 Å². The molecule has 138 valence electrons. The molecule has 3 rings (SSSR count). The highest BCUT2D eigenvalue weighted by Crippen LogP contribution is 2.32. The summed E-state index contributed by atoms with van der Waals surface area (Å²) in [4.78, 5) is 23.9. The zero-order chi connectivity index (χ0) is 19.2. The topological polar surface area (TPSA) is 75.6 Å². The molecule has 0 bridgehead atoms. The van der Waals surface area contributed by atoms with Gasteiger partial charge >= 0.3 is 5.97 Å². The molecule has 27 heavy (non-hydrogen) atoms. The number of hydrogen-bond acceptors (Lipinski definition) is 6. The largest absolute Gasteiger partial charge is 0.481 e. The zero-order valence-corrected chi connectivity index (χ0v) is 16.5. The molecule has 1 heterocycles. The Morgan fingerprint density at radius 1 is 1.26 bits per heavy atom. The van der Waals surface area contributed by atoms with Gasteiger partial charge in [0.1, 0.15) is 10.1 Å². The van der Waals surface area contributed by atoms with Crippen molar-refractivity contribution in [3.05, 3.63) is 64.6 Å². The van der Waals surface area contributed by atoms with Crippen LogP contribution in [-0.4, -0.2) is 27.9 Å². The highest BCUT2D eigenvalue weighted by molar-refractivity contribution is 8.26. The predicted octanol–water partition coefficient (Wildman–Crippen LogP) is 3.93. The smallest absolute Gasteiger partial charge is 0.341 e. The van der Waals surface area contributed by atoms with Gasteiger partial charge in [-0.2, -0.15) is 0 Å². The minimum Gasteiger partial charge on any atom is -0.481 e. The first-order valence-corrected chi connectivity index (χ1v) is 10.1. The molecule has 1 fully saturated rings. The summed E-state index contributed by atoms with van der Waals surface area (Å²) in [6.07, 6.45) is 1.82. The predicted molar refractivity (Wildman–Crippen MR) is 112 cm³/mol. The number of thioether (sulfide) groups is 2. The van der Waals surface area contributed by atoms with E-state index in [9.17, 15) is 9.59 Å². The van der Waals surface area contributed by atoms with Crippen molar-refractivity contribution < 1.29 is 19.4 Å². The fourth-order valence-electron chi connectivity index (χ4n) is 2.33. The number of rotatable bonds is 7. The Morgan fingerprint density at radius 2 is 2.07 bits per heavy atom. The molecule has 5 nitrogen and oxygen atoms in total. The van der Waals surface area contributed by atoms with Gasteiger partial charge < -0.3 is 15.2 Å². The number of ether oxygens (including phenoxy) is 1. The van der Waals surface area contributed by atoms with Crippen molar-refractivity contribution in [2.24, 2.45) is 0 Å². The first kappa shape index (κ1) is 19.5. The van der Waals surface area contributed by atoms with E-state index < -0.39 is 5.97 Å². The van der Waals surface area contributed by atoms with Gasteiger partial charge in [0.25, 0.3) is 5.91 Å². The van der Waals surface area contributed by atoms with Crippen LogP contribution in [0.3, 0.4) is 0 Å². The van der Waals surface area contributed by atoms with Crippen molar-refractivity contribution in [1.29, 1.82) is 0 Å². The highest BCUT2D eigenvalue weighted by atomic mass is 32.2. The minimum absolute atomic E-state index is 0.172. The first-order chi connectivity index (χ1) is 13.0. The lowest BCUT2D eigenvalue weighted by molar-refractivity contribution is -0.139. The molecule has 0 aromatic heterocycles. The van der Waals surface area contributed by atoms with Crippen molar-refractivity contribution >= 4 is 58.0 Å². The quantitative estimate of drug-likeness (QED) is 0.402. The second-order valence-corrected chi connectivity index (χ2v) is 8.25. The van der Waals surface area contributed by atoms with E-state index in [0.29, 0.717) is 20.7 Å². The molecule has 0 spiro atoms. The lowest BCUT2D eigenvalue weighted by Crippen LogP contribution is -2.17. The third-order valence-corrected chi connectivity index (χ3v) is 5.77. The minimum atomic E-state index is -1.01. The van der Waals surface area contributed by atoms with Crippen LogP contribution < -0.4 is 10.1 Å². The highest BCUT2D eigenvalue weighted by Gasteiger charge is 2.21. The Morgan fingerprint density at radius 3 is 2.81 bits per heavy atom. The molecule has 1 aliphatic heterocycles. The number of para-hydroxylation sites is 1. The molecule has 1 amide bonds. The molecule has 0 atom stereocenters. The fraction of sp³-hybridized carbons (Fsp3) is 0.105. The Kier molecular flexibility index (Phi) is 6.54. The van der Waals surface area contributed by atoms with Crippen LogP contribution >= 0.6 is 35.7 Å². The average Bonchev–Trinajstić information content (AvgIpc) is 2.96. The molecule has 1 saturated heterocycles. The van der Waals surface area contributed by atoms with E-state index in [1.54, 1.807) is 17.8 Å². The van der Waals surface area contributed by atoms with Gasteiger partial charge in [0.05, 0.1) is 4.91 Å². The third kappa shape index (κ3) is 5.59. The summed E-state index contributed by atoms with van der Waals surface area (Å²) in [5.74, 6) is 0.0520. The molecule has 0 radical (unpaired) electrons. The normalized spacial score (nSPS) is 15.0. The number of carbonyl (C=O) groups is 2.